The standard InChI is InChI=1S/C22H27N5O4S/c1-5-25(6-2)32(29,30)18-11-12-19-21(14-18)27(24-23-19)31-16(4)22(28)26-15(3)13-17-9-7-8-10-20(17)26/h7-12,14-16H,5-6,13H2,1-4H3. The van der Waals surface area contributed by atoms with E-state index in [0.717, 1.165) is 22.5 Å². The number of fused-ring (bicyclic) bond motifs is 2. The monoisotopic (exact) mass is 457 g/mol. The summed E-state index contributed by atoms with van der Waals surface area (Å²) in [6, 6.07) is 12.4. The van der Waals surface area contributed by atoms with E-state index in [1.807, 2.05) is 31.2 Å². The number of carbonyl (C=O) groups excluding carboxylic acids is 1. The Bertz CT molecular complexity index is 1250. The molecule has 2 heterocycles. The highest BCUT2D eigenvalue weighted by Gasteiger charge is 2.34. The Morgan fingerprint density at radius 3 is 2.66 bits per heavy atom. The van der Waals surface area contributed by atoms with E-state index in [0.29, 0.717) is 24.1 Å². The van der Waals surface area contributed by atoms with Gasteiger partial charge in [-0.05, 0) is 55.3 Å². The van der Waals surface area contributed by atoms with E-state index in [4.69, 9.17) is 4.84 Å². The number of hydrogen-bond acceptors (Lipinski definition) is 6. The summed E-state index contributed by atoms with van der Waals surface area (Å²) in [7, 11) is -3.65. The zero-order valence-corrected chi connectivity index (χ0v) is 19.4. The van der Waals surface area contributed by atoms with E-state index in [-0.39, 0.29) is 16.8 Å². The van der Waals surface area contributed by atoms with E-state index in [1.165, 1.54) is 16.4 Å². The minimum atomic E-state index is -3.65. The van der Waals surface area contributed by atoms with Gasteiger partial charge in [0.25, 0.3) is 5.91 Å². The minimum absolute atomic E-state index is 0.0178. The van der Waals surface area contributed by atoms with Gasteiger partial charge in [-0.1, -0.05) is 36.9 Å². The second kappa shape index (κ2) is 8.51. The van der Waals surface area contributed by atoms with Crippen LogP contribution in [-0.4, -0.2) is 59.0 Å². The van der Waals surface area contributed by atoms with Crippen molar-refractivity contribution < 1.29 is 18.0 Å². The lowest BCUT2D eigenvalue weighted by atomic mass is 10.1. The summed E-state index contributed by atoms with van der Waals surface area (Å²) in [5, 5.41) is 8.02. The first-order valence-corrected chi connectivity index (χ1v) is 12.2. The lowest BCUT2D eigenvalue weighted by molar-refractivity contribution is -0.130. The maximum absolute atomic E-state index is 13.2. The zero-order chi connectivity index (χ0) is 23.0. The fraction of sp³-hybridized carbons (Fsp3) is 0.409. The summed E-state index contributed by atoms with van der Waals surface area (Å²) >= 11 is 0. The van der Waals surface area contributed by atoms with Crippen molar-refractivity contribution in [3.05, 3.63) is 48.0 Å². The third-order valence-electron chi connectivity index (χ3n) is 5.78. The van der Waals surface area contributed by atoms with Crippen LogP contribution >= 0.6 is 0 Å². The number of aromatic nitrogens is 3. The molecule has 0 N–H and O–H groups in total. The maximum Gasteiger partial charge on any atom is 0.270 e. The summed E-state index contributed by atoms with van der Waals surface area (Å²) in [4.78, 5) is 22.0. The highest BCUT2D eigenvalue weighted by Crippen LogP contribution is 2.32. The Hall–Kier alpha value is -2.98. The second-order valence-electron chi connectivity index (χ2n) is 7.84. The van der Waals surface area contributed by atoms with Gasteiger partial charge in [-0.25, -0.2) is 8.42 Å². The first-order chi connectivity index (χ1) is 15.3. The van der Waals surface area contributed by atoms with Gasteiger partial charge in [0, 0.05) is 24.8 Å². The van der Waals surface area contributed by atoms with Crippen molar-refractivity contribution in [3.8, 4) is 0 Å². The molecule has 0 radical (unpaired) electrons. The van der Waals surface area contributed by atoms with Gasteiger partial charge in [0.15, 0.2) is 0 Å². The van der Waals surface area contributed by atoms with Crippen molar-refractivity contribution in [1.82, 2.24) is 19.5 Å². The average Bonchev–Trinajstić information content (AvgIpc) is 3.33. The number of nitrogens with zero attached hydrogens (tertiary/aromatic N) is 5. The predicted molar refractivity (Wildman–Crippen MR) is 121 cm³/mol. The number of sulfonamides is 1. The van der Waals surface area contributed by atoms with E-state index >= 15 is 0 Å². The molecule has 4 rings (SSSR count). The van der Waals surface area contributed by atoms with Gasteiger partial charge in [0.1, 0.15) is 11.0 Å². The molecule has 2 atom stereocenters. The highest BCUT2D eigenvalue weighted by atomic mass is 32.2. The summed E-state index contributed by atoms with van der Waals surface area (Å²) in [5.41, 5.74) is 2.87. The summed E-state index contributed by atoms with van der Waals surface area (Å²) in [6.45, 7) is 7.97. The van der Waals surface area contributed by atoms with Crippen molar-refractivity contribution in [2.24, 2.45) is 0 Å². The van der Waals surface area contributed by atoms with Crippen LogP contribution in [0.2, 0.25) is 0 Å². The topological polar surface area (TPSA) is 97.6 Å². The fourth-order valence-corrected chi connectivity index (χ4v) is 5.60. The smallest absolute Gasteiger partial charge is 0.270 e. The number of anilines is 1. The van der Waals surface area contributed by atoms with E-state index in [1.54, 1.807) is 31.7 Å². The SMILES string of the molecule is CCN(CC)S(=O)(=O)c1ccc2nnn(OC(C)C(=O)N3c4ccccc4CC3C)c2c1. The Labute approximate surface area is 187 Å². The van der Waals surface area contributed by atoms with E-state index in [2.05, 4.69) is 10.3 Å². The van der Waals surface area contributed by atoms with Crippen LogP contribution in [0.4, 0.5) is 5.69 Å². The number of carbonyl (C=O) groups is 1. The van der Waals surface area contributed by atoms with Crippen LogP contribution < -0.4 is 9.74 Å². The molecule has 1 aromatic heterocycles. The molecule has 2 unspecified atom stereocenters. The van der Waals surface area contributed by atoms with Crippen LogP contribution in [0.15, 0.2) is 47.4 Å². The van der Waals surface area contributed by atoms with Crippen LogP contribution in [0.25, 0.3) is 11.0 Å². The molecule has 0 saturated carbocycles. The Morgan fingerprint density at radius 2 is 1.94 bits per heavy atom. The predicted octanol–water partition coefficient (Wildman–Crippen LogP) is 2.26. The molecule has 32 heavy (non-hydrogen) atoms. The Kier molecular flexibility index (Phi) is 5.91. The van der Waals surface area contributed by atoms with E-state index < -0.39 is 16.1 Å². The second-order valence-corrected chi connectivity index (χ2v) is 9.78. The maximum atomic E-state index is 13.2. The number of hydrogen-bond donors (Lipinski definition) is 0. The highest BCUT2D eigenvalue weighted by molar-refractivity contribution is 7.89. The molecule has 10 heteroatoms. The van der Waals surface area contributed by atoms with Crippen molar-refractivity contribution in [2.45, 2.75) is 51.2 Å². The average molecular weight is 458 g/mol. The van der Waals surface area contributed by atoms with Crippen molar-refractivity contribution in [1.29, 1.82) is 0 Å². The molecule has 0 saturated heterocycles. The molecule has 1 aliphatic rings. The number of amides is 1. The fourth-order valence-electron chi connectivity index (χ4n) is 4.12. The molecule has 0 spiro atoms. The summed E-state index contributed by atoms with van der Waals surface area (Å²) in [6.07, 6.45) is -0.0652. The first-order valence-electron chi connectivity index (χ1n) is 10.7. The number of para-hydroxylation sites is 1. The molecular weight excluding hydrogens is 430 g/mol. The normalized spacial score (nSPS) is 17.0. The third-order valence-corrected chi connectivity index (χ3v) is 7.83. The minimum Gasteiger partial charge on any atom is -0.382 e. The molecule has 0 bridgehead atoms. The van der Waals surface area contributed by atoms with Crippen LogP contribution in [0.5, 0.6) is 0 Å². The lowest BCUT2D eigenvalue weighted by Gasteiger charge is -2.25. The molecule has 0 aliphatic carbocycles. The van der Waals surface area contributed by atoms with Gasteiger partial charge in [-0.3, -0.25) is 4.79 Å². The van der Waals surface area contributed by atoms with E-state index in [9.17, 15) is 13.2 Å². The molecule has 2 aromatic carbocycles. The largest absolute Gasteiger partial charge is 0.382 e. The summed E-state index contributed by atoms with van der Waals surface area (Å²) in [5.74, 6) is -0.196. The molecular formula is C22H27N5O4S. The quantitative estimate of drug-likeness (QED) is 0.540. The molecule has 170 valence electrons. The zero-order valence-electron chi connectivity index (χ0n) is 18.6. The van der Waals surface area contributed by atoms with Gasteiger partial charge in [-0.15, -0.1) is 5.10 Å². The molecule has 0 fully saturated rings. The number of rotatable bonds is 7. The van der Waals surface area contributed by atoms with Crippen LogP contribution in [0.3, 0.4) is 0 Å². The van der Waals surface area contributed by atoms with Crippen LogP contribution in [-0.2, 0) is 21.2 Å². The van der Waals surface area contributed by atoms with Crippen molar-refractivity contribution in [2.75, 3.05) is 18.0 Å². The third kappa shape index (κ3) is 3.73. The molecule has 1 aliphatic heterocycles. The van der Waals surface area contributed by atoms with Crippen LogP contribution in [0, 0.1) is 0 Å². The van der Waals surface area contributed by atoms with Crippen molar-refractivity contribution in [3.63, 3.8) is 0 Å². The van der Waals surface area contributed by atoms with Gasteiger partial charge in [-0.2, -0.15) is 4.31 Å². The van der Waals surface area contributed by atoms with Gasteiger partial charge in [0.2, 0.25) is 16.1 Å². The van der Waals surface area contributed by atoms with Gasteiger partial charge in [0.05, 0.1) is 4.90 Å². The lowest BCUT2D eigenvalue weighted by Crippen LogP contribution is -2.45. The Balaban J connectivity index is 1.61. The van der Waals surface area contributed by atoms with Gasteiger partial charge >= 0.3 is 0 Å². The number of benzene rings is 2. The summed E-state index contributed by atoms with van der Waals surface area (Å²) < 4.78 is 27.2. The van der Waals surface area contributed by atoms with Crippen molar-refractivity contribution >= 4 is 32.7 Å². The van der Waals surface area contributed by atoms with Crippen LogP contribution in [0.1, 0.15) is 33.3 Å². The molecule has 1 amide bonds. The molecule has 3 aromatic rings. The first kappa shape index (κ1) is 22.2. The molecule has 9 nitrogen and oxygen atoms in total. The Morgan fingerprint density at radius 1 is 1.22 bits per heavy atom. The van der Waals surface area contributed by atoms with Gasteiger partial charge < -0.3 is 9.74 Å².